The summed E-state index contributed by atoms with van der Waals surface area (Å²) in [6, 6.07) is 2.06. The van der Waals surface area contributed by atoms with Gasteiger partial charge in [-0.2, -0.15) is 4.39 Å². The Hall–Kier alpha value is -1.65. The number of hydrogen-bond acceptors (Lipinski definition) is 3. The van der Waals surface area contributed by atoms with Gasteiger partial charge < -0.3 is 14.6 Å². The Morgan fingerprint density at radius 2 is 1.75 bits per heavy atom. The van der Waals surface area contributed by atoms with Crippen molar-refractivity contribution >= 4 is 5.97 Å². The van der Waals surface area contributed by atoms with Gasteiger partial charge in [-0.25, -0.2) is 4.39 Å². The highest BCUT2D eigenvalue weighted by molar-refractivity contribution is 5.86. The SMILES string of the molecule is CCCCCCCCOc1ccc(C(=O)[O-])c(F)c1F. The molecule has 1 aromatic carbocycles. The summed E-state index contributed by atoms with van der Waals surface area (Å²) >= 11 is 0. The van der Waals surface area contributed by atoms with Crippen LogP contribution in [0, 0.1) is 11.6 Å². The quantitative estimate of drug-likeness (QED) is 0.655. The van der Waals surface area contributed by atoms with E-state index in [9.17, 15) is 18.7 Å². The fraction of sp³-hybridized carbons (Fsp3) is 0.533. The number of carboxylic acids is 1. The number of benzene rings is 1. The average molecular weight is 285 g/mol. The summed E-state index contributed by atoms with van der Waals surface area (Å²) in [5.41, 5.74) is -0.797. The minimum absolute atomic E-state index is 0.263. The second kappa shape index (κ2) is 8.51. The molecule has 0 N–H and O–H groups in total. The number of carbonyl (C=O) groups excluding carboxylic acids is 1. The van der Waals surface area contributed by atoms with Gasteiger partial charge in [0.05, 0.1) is 12.6 Å². The summed E-state index contributed by atoms with van der Waals surface area (Å²) < 4.78 is 32.0. The van der Waals surface area contributed by atoms with Gasteiger partial charge in [-0.05, 0) is 18.6 Å². The molecule has 3 nitrogen and oxygen atoms in total. The summed E-state index contributed by atoms with van der Waals surface area (Å²) in [4.78, 5) is 10.5. The zero-order chi connectivity index (χ0) is 15.0. The molecule has 0 aliphatic rings. The number of carbonyl (C=O) groups is 1. The molecule has 1 aromatic rings. The van der Waals surface area contributed by atoms with Gasteiger partial charge in [0.25, 0.3) is 0 Å². The van der Waals surface area contributed by atoms with Crippen molar-refractivity contribution in [3.63, 3.8) is 0 Å². The van der Waals surface area contributed by atoms with E-state index >= 15 is 0 Å². The third-order valence-corrected chi connectivity index (χ3v) is 3.02. The van der Waals surface area contributed by atoms with Gasteiger partial charge in [-0.3, -0.25) is 0 Å². The number of hydrogen-bond donors (Lipinski definition) is 0. The minimum atomic E-state index is -1.75. The maximum Gasteiger partial charge on any atom is 0.201 e. The van der Waals surface area contributed by atoms with Gasteiger partial charge in [0.1, 0.15) is 0 Å². The van der Waals surface area contributed by atoms with Gasteiger partial charge in [-0.15, -0.1) is 0 Å². The Labute approximate surface area is 117 Å². The molecule has 0 heterocycles. The van der Waals surface area contributed by atoms with E-state index in [4.69, 9.17) is 4.74 Å². The molecule has 0 saturated carbocycles. The summed E-state index contributed by atoms with van der Waals surface area (Å²) in [7, 11) is 0. The van der Waals surface area contributed by atoms with Crippen LogP contribution in [0.1, 0.15) is 55.8 Å². The molecule has 0 aliphatic carbocycles. The lowest BCUT2D eigenvalue weighted by atomic mass is 10.1. The van der Waals surface area contributed by atoms with Gasteiger partial charge >= 0.3 is 0 Å². The molecule has 0 fully saturated rings. The predicted molar refractivity (Wildman–Crippen MR) is 69.6 cm³/mol. The Balaban J connectivity index is 2.41. The van der Waals surface area contributed by atoms with Gasteiger partial charge in [0.2, 0.25) is 5.82 Å². The van der Waals surface area contributed by atoms with Crippen LogP contribution in [0.4, 0.5) is 8.78 Å². The molecule has 20 heavy (non-hydrogen) atoms. The van der Waals surface area contributed by atoms with Crippen LogP contribution >= 0.6 is 0 Å². The molecule has 0 atom stereocenters. The van der Waals surface area contributed by atoms with Crippen molar-refractivity contribution in [2.45, 2.75) is 45.4 Å². The summed E-state index contributed by atoms with van der Waals surface area (Å²) in [5, 5.41) is 10.5. The number of unbranched alkanes of at least 4 members (excludes halogenated alkanes) is 5. The van der Waals surface area contributed by atoms with E-state index in [-0.39, 0.29) is 12.4 Å². The molecule has 112 valence electrons. The van der Waals surface area contributed by atoms with Crippen LogP contribution < -0.4 is 9.84 Å². The van der Waals surface area contributed by atoms with Gasteiger partial charge in [0.15, 0.2) is 11.6 Å². The van der Waals surface area contributed by atoms with Crippen molar-refractivity contribution < 1.29 is 23.4 Å². The zero-order valence-electron chi connectivity index (χ0n) is 11.6. The third kappa shape index (κ3) is 4.79. The van der Waals surface area contributed by atoms with Crippen LogP contribution in [0.25, 0.3) is 0 Å². The number of rotatable bonds is 9. The van der Waals surface area contributed by atoms with Crippen molar-refractivity contribution in [3.05, 3.63) is 29.3 Å². The molecule has 0 radical (unpaired) electrons. The first kappa shape index (κ1) is 16.4. The minimum Gasteiger partial charge on any atom is -0.545 e. The summed E-state index contributed by atoms with van der Waals surface area (Å²) in [5.74, 6) is -4.73. The van der Waals surface area contributed by atoms with Gasteiger partial charge in [-0.1, -0.05) is 39.0 Å². The van der Waals surface area contributed by atoms with Crippen LogP contribution in [0.2, 0.25) is 0 Å². The highest BCUT2D eigenvalue weighted by Crippen LogP contribution is 2.22. The lowest BCUT2D eigenvalue weighted by molar-refractivity contribution is -0.255. The first-order valence-electron chi connectivity index (χ1n) is 6.90. The van der Waals surface area contributed by atoms with E-state index in [1.165, 1.54) is 19.3 Å². The third-order valence-electron chi connectivity index (χ3n) is 3.02. The Bertz CT molecular complexity index is 447. The standard InChI is InChI=1S/C15H20F2O3/c1-2-3-4-5-6-7-10-20-12-9-8-11(15(18)19)13(16)14(12)17/h8-9H,2-7,10H2,1H3,(H,18,19)/p-1. The number of carboxylic acid groups (broad SMARTS) is 1. The van der Waals surface area contributed by atoms with Crippen molar-refractivity contribution in [2.75, 3.05) is 6.61 Å². The first-order chi connectivity index (χ1) is 9.57. The van der Waals surface area contributed by atoms with E-state index in [2.05, 4.69) is 6.92 Å². The molecule has 0 unspecified atom stereocenters. The maximum absolute atomic E-state index is 13.5. The number of aromatic carboxylic acids is 1. The molecule has 0 amide bonds. The van der Waals surface area contributed by atoms with Crippen molar-refractivity contribution in [1.82, 2.24) is 0 Å². The summed E-state index contributed by atoms with van der Waals surface area (Å²) in [6.45, 7) is 2.42. The van der Waals surface area contributed by atoms with E-state index < -0.39 is 23.2 Å². The molecule has 0 saturated heterocycles. The predicted octanol–water partition coefficient (Wildman–Crippen LogP) is 3.07. The Morgan fingerprint density at radius 3 is 2.40 bits per heavy atom. The molecular weight excluding hydrogens is 266 g/mol. The summed E-state index contributed by atoms with van der Waals surface area (Å²) in [6.07, 6.45) is 6.36. The van der Waals surface area contributed by atoms with Gasteiger partial charge in [0, 0.05) is 5.56 Å². The van der Waals surface area contributed by atoms with Crippen LogP contribution in [0.5, 0.6) is 5.75 Å². The molecule has 0 aliphatic heterocycles. The van der Waals surface area contributed by atoms with Crippen LogP contribution in [0.15, 0.2) is 12.1 Å². The van der Waals surface area contributed by atoms with Crippen molar-refractivity contribution in [1.29, 1.82) is 0 Å². The average Bonchev–Trinajstić information content (AvgIpc) is 2.42. The topological polar surface area (TPSA) is 49.4 Å². The smallest absolute Gasteiger partial charge is 0.201 e. The van der Waals surface area contributed by atoms with Crippen LogP contribution in [-0.4, -0.2) is 12.6 Å². The van der Waals surface area contributed by atoms with E-state index in [1.807, 2.05) is 0 Å². The molecule has 1 rings (SSSR count). The molecule has 5 heteroatoms. The van der Waals surface area contributed by atoms with E-state index in [1.54, 1.807) is 0 Å². The largest absolute Gasteiger partial charge is 0.545 e. The highest BCUT2D eigenvalue weighted by Gasteiger charge is 2.14. The molecule has 0 aromatic heterocycles. The lowest BCUT2D eigenvalue weighted by Crippen LogP contribution is -2.24. The van der Waals surface area contributed by atoms with Crippen LogP contribution in [-0.2, 0) is 0 Å². The highest BCUT2D eigenvalue weighted by atomic mass is 19.2. The van der Waals surface area contributed by atoms with E-state index in [0.717, 1.165) is 31.4 Å². The maximum atomic E-state index is 13.5. The fourth-order valence-corrected chi connectivity index (χ4v) is 1.87. The van der Waals surface area contributed by atoms with Crippen molar-refractivity contribution in [3.8, 4) is 5.75 Å². The fourth-order valence-electron chi connectivity index (χ4n) is 1.87. The van der Waals surface area contributed by atoms with E-state index in [0.29, 0.717) is 0 Å². The molecule has 0 bridgehead atoms. The zero-order valence-corrected chi connectivity index (χ0v) is 11.6. The monoisotopic (exact) mass is 285 g/mol. The number of halogens is 2. The molecular formula is C15H19F2O3-. The van der Waals surface area contributed by atoms with Crippen LogP contribution in [0.3, 0.4) is 0 Å². The Morgan fingerprint density at radius 1 is 1.10 bits per heavy atom. The normalized spacial score (nSPS) is 10.6. The van der Waals surface area contributed by atoms with Crippen molar-refractivity contribution in [2.24, 2.45) is 0 Å². The number of ether oxygens (including phenoxy) is 1. The lowest BCUT2D eigenvalue weighted by Gasteiger charge is -2.10. The first-order valence-corrected chi connectivity index (χ1v) is 6.90. The Kier molecular flexibility index (Phi) is 6.98. The second-order valence-corrected chi connectivity index (χ2v) is 4.64. The molecule has 0 spiro atoms. The second-order valence-electron chi connectivity index (χ2n) is 4.64.